The zero-order valence-corrected chi connectivity index (χ0v) is 10.9. The fourth-order valence-electron chi connectivity index (χ4n) is 2.36. The molecule has 0 atom stereocenters. The number of hydrogen-bond donors (Lipinski definition) is 0. The molecule has 0 saturated carbocycles. The quantitative estimate of drug-likeness (QED) is 0.685. The van der Waals surface area contributed by atoms with E-state index in [4.69, 9.17) is 4.42 Å². The predicted molar refractivity (Wildman–Crippen MR) is 71.3 cm³/mol. The first kappa shape index (κ1) is 12.5. The van der Waals surface area contributed by atoms with Crippen LogP contribution in [0.4, 0.5) is 0 Å². The molecule has 0 N–H and O–H groups in total. The van der Waals surface area contributed by atoms with Gasteiger partial charge in [0.15, 0.2) is 23.1 Å². The van der Waals surface area contributed by atoms with Crippen molar-refractivity contribution in [2.45, 2.75) is 19.8 Å². The van der Waals surface area contributed by atoms with Crippen molar-refractivity contribution >= 4 is 17.3 Å². The molecule has 1 heterocycles. The lowest BCUT2D eigenvalue weighted by atomic mass is 9.88. The average molecular weight is 268 g/mol. The molecule has 0 spiro atoms. The number of ketones is 3. The third-order valence-corrected chi connectivity index (χ3v) is 3.35. The van der Waals surface area contributed by atoms with Crippen molar-refractivity contribution in [2.24, 2.45) is 0 Å². The normalized spacial score (nSPS) is 13.1. The fraction of sp³-hybridized carbons (Fsp3) is 0.188. The first-order chi connectivity index (χ1) is 9.63. The number of rotatable bonds is 3. The van der Waals surface area contributed by atoms with E-state index < -0.39 is 0 Å². The van der Waals surface area contributed by atoms with Crippen LogP contribution in [0.5, 0.6) is 0 Å². The minimum absolute atomic E-state index is 0.0202. The maximum absolute atomic E-state index is 12.3. The second-order valence-corrected chi connectivity index (χ2v) is 4.73. The van der Waals surface area contributed by atoms with Crippen LogP contribution in [0.2, 0.25) is 0 Å². The lowest BCUT2D eigenvalue weighted by Crippen LogP contribution is -2.18. The molecular weight excluding hydrogens is 256 g/mol. The van der Waals surface area contributed by atoms with Crippen LogP contribution in [0.3, 0.4) is 0 Å². The second-order valence-electron chi connectivity index (χ2n) is 4.73. The molecule has 4 nitrogen and oxygen atoms in total. The van der Waals surface area contributed by atoms with Crippen LogP contribution in [-0.4, -0.2) is 17.3 Å². The smallest absolute Gasteiger partial charge is 0.229 e. The molecule has 1 aliphatic carbocycles. The van der Waals surface area contributed by atoms with Crippen LogP contribution in [-0.2, 0) is 0 Å². The number of Topliss-reactive ketones (excluding diaryl/α,β-unsaturated/α-hetero) is 1. The largest absolute Gasteiger partial charge is 0.449 e. The van der Waals surface area contributed by atoms with Crippen molar-refractivity contribution in [3.05, 3.63) is 58.5 Å². The highest BCUT2D eigenvalue weighted by molar-refractivity contribution is 6.27. The van der Waals surface area contributed by atoms with Gasteiger partial charge in [0, 0.05) is 17.5 Å². The van der Waals surface area contributed by atoms with Crippen molar-refractivity contribution in [1.29, 1.82) is 0 Å². The van der Waals surface area contributed by atoms with Gasteiger partial charge >= 0.3 is 0 Å². The molecule has 1 aromatic heterocycles. The van der Waals surface area contributed by atoms with Gasteiger partial charge in [-0.25, -0.2) is 0 Å². The summed E-state index contributed by atoms with van der Waals surface area (Å²) in [6, 6.07) is 8.00. The van der Waals surface area contributed by atoms with Crippen LogP contribution in [0, 0.1) is 0 Å². The van der Waals surface area contributed by atoms with Crippen molar-refractivity contribution in [1.82, 2.24) is 0 Å². The molecule has 0 aliphatic heterocycles. The first-order valence-corrected chi connectivity index (χ1v) is 6.49. The first-order valence-electron chi connectivity index (χ1n) is 6.49. The highest BCUT2D eigenvalue weighted by Crippen LogP contribution is 2.29. The Hall–Kier alpha value is -2.49. The Kier molecular flexibility index (Phi) is 2.86. The maximum Gasteiger partial charge on any atom is 0.229 e. The minimum atomic E-state index is -0.342. The topological polar surface area (TPSA) is 64.3 Å². The van der Waals surface area contributed by atoms with E-state index in [1.807, 2.05) is 6.92 Å². The van der Waals surface area contributed by atoms with Crippen LogP contribution in [0.1, 0.15) is 62.4 Å². The molecule has 20 heavy (non-hydrogen) atoms. The van der Waals surface area contributed by atoms with E-state index in [0.717, 1.165) is 0 Å². The summed E-state index contributed by atoms with van der Waals surface area (Å²) in [5.41, 5.74) is 0.877. The Morgan fingerprint density at radius 1 is 1.05 bits per heavy atom. The summed E-state index contributed by atoms with van der Waals surface area (Å²) in [6.07, 6.45) is 1.02. The standard InChI is InChI=1S/C16H12O4/c1-2-5-12(17)13-8-11-14(18)9-6-3-4-7-10(9)15(19)16(11)20-13/h3-4,6-8H,2,5H2,1H3. The van der Waals surface area contributed by atoms with E-state index in [0.29, 0.717) is 24.0 Å². The lowest BCUT2D eigenvalue weighted by Gasteiger charge is -2.11. The van der Waals surface area contributed by atoms with Crippen LogP contribution in [0.15, 0.2) is 34.7 Å². The summed E-state index contributed by atoms with van der Waals surface area (Å²) < 4.78 is 5.34. The summed E-state index contributed by atoms with van der Waals surface area (Å²) in [6.45, 7) is 1.88. The second kappa shape index (κ2) is 4.56. The molecule has 1 aromatic carbocycles. The summed E-state index contributed by atoms with van der Waals surface area (Å²) in [7, 11) is 0. The van der Waals surface area contributed by atoms with E-state index in [2.05, 4.69) is 0 Å². The molecular formula is C16H12O4. The molecule has 0 bridgehead atoms. The van der Waals surface area contributed by atoms with Crippen molar-refractivity contribution in [2.75, 3.05) is 0 Å². The molecule has 0 amide bonds. The van der Waals surface area contributed by atoms with E-state index in [1.54, 1.807) is 24.3 Å². The van der Waals surface area contributed by atoms with Gasteiger partial charge in [0.05, 0.1) is 5.56 Å². The molecule has 4 heteroatoms. The van der Waals surface area contributed by atoms with Gasteiger partial charge in [0.2, 0.25) is 5.78 Å². The van der Waals surface area contributed by atoms with Crippen LogP contribution in [0.25, 0.3) is 0 Å². The van der Waals surface area contributed by atoms with Gasteiger partial charge in [-0.2, -0.15) is 0 Å². The zero-order chi connectivity index (χ0) is 14.3. The number of carbonyl (C=O) groups excluding carboxylic acids is 3. The monoisotopic (exact) mass is 268 g/mol. The third-order valence-electron chi connectivity index (χ3n) is 3.35. The van der Waals surface area contributed by atoms with Gasteiger partial charge < -0.3 is 4.42 Å². The average Bonchev–Trinajstić information content (AvgIpc) is 2.91. The zero-order valence-electron chi connectivity index (χ0n) is 10.9. The molecule has 3 rings (SSSR count). The molecule has 1 aliphatic rings. The van der Waals surface area contributed by atoms with E-state index in [9.17, 15) is 14.4 Å². The Bertz CT molecular complexity index is 684. The molecule has 0 fully saturated rings. The van der Waals surface area contributed by atoms with Crippen molar-refractivity contribution < 1.29 is 18.8 Å². The molecule has 2 aromatic rings. The van der Waals surface area contributed by atoms with E-state index in [1.165, 1.54) is 6.07 Å². The number of hydrogen-bond acceptors (Lipinski definition) is 4. The number of carbonyl (C=O) groups is 3. The molecule has 0 unspecified atom stereocenters. The predicted octanol–water partition coefficient (Wildman–Crippen LogP) is 3.04. The van der Waals surface area contributed by atoms with Gasteiger partial charge in [-0.3, -0.25) is 14.4 Å². The Morgan fingerprint density at radius 2 is 1.70 bits per heavy atom. The van der Waals surface area contributed by atoms with Gasteiger partial charge in [0.1, 0.15) is 0 Å². The minimum Gasteiger partial charge on any atom is -0.449 e. The third kappa shape index (κ3) is 1.72. The Morgan fingerprint density at radius 3 is 2.35 bits per heavy atom. The number of fused-ring (bicyclic) bond motifs is 2. The highest BCUT2D eigenvalue weighted by Gasteiger charge is 2.34. The SMILES string of the molecule is CCCC(=O)c1cc2c(o1)C(=O)c1ccccc1C2=O. The Balaban J connectivity index is 2.12. The van der Waals surface area contributed by atoms with Crippen LogP contribution >= 0.6 is 0 Å². The lowest BCUT2D eigenvalue weighted by molar-refractivity contribution is 0.0934. The van der Waals surface area contributed by atoms with E-state index in [-0.39, 0.29) is 34.4 Å². The van der Waals surface area contributed by atoms with Crippen molar-refractivity contribution in [3.8, 4) is 0 Å². The highest BCUT2D eigenvalue weighted by atomic mass is 16.4. The van der Waals surface area contributed by atoms with Crippen molar-refractivity contribution in [3.63, 3.8) is 0 Å². The van der Waals surface area contributed by atoms with Gasteiger partial charge in [0.25, 0.3) is 0 Å². The summed E-state index contributed by atoms with van der Waals surface area (Å²) in [4.78, 5) is 36.4. The molecule has 0 radical (unpaired) electrons. The molecule has 0 saturated heterocycles. The van der Waals surface area contributed by atoms with Gasteiger partial charge in [-0.1, -0.05) is 31.2 Å². The number of benzene rings is 1. The maximum atomic E-state index is 12.3. The number of furan rings is 1. The Labute approximate surface area is 115 Å². The summed E-state index contributed by atoms with van der Waals surface area (Å²) in [5, 5.41) is 0. The van der Waals surface area contributed by atoms with Crippen LogP contribution < -0.4 is 0 Å². The van der Waals surface area contributed by atoms with Gasteiger partial charge in [-0.15, -0.1) is 0 Å². The van der Waals surface area contributed by atoms with Gasteiger partial charge in [-0.05, 0) is 12.5 Å². The fourth-order valence-corrected chi connectivity index (χ4v) is 2.36. The summed E-state index contributed by atoms with van der Waals surface area (Å²) >= 11 is 0. The molecule has 100 valence electrons. The van der Waals surface area contributed by atoms with E-state index >= 15 is 0 Å². The summed E-state index contributed by atoms with van der Waals surface area (Å²) in [5.74, 6) is -0.730.